The summed E-state index contributed by atoms with van der Waals surface area (Å²) in [5, 5.41) is 0. The van der Waals surface area contributed by atoms with Gasteiger partial charge in [-0.3, -0.25) is 4.79 Å². The number of aryl methyl sites for hydroxylation is 1. The van der Waals surface area contributed by atoms with E-state index in [0.717, 1.165) is 31.2 Å². The molecule has 1 heterocycles. The Balaban J connectivity index is 2.20. The molecule has 0 saturated heterocycles. The van der Waals surface area contributed by atoms with E-state index in [9.17, 15) is 4.79 Å². The molecule has 92 valence electrons. The lowest BCUT2D eigenvalue weighted by Gasteiger charge is -2.23. The smallest absolute Gasteiger partial charge is 0.168 e. The van der Waals surface area contributed by atoms with Gasteiger partial charge in [0, 0.05) is 18.2 Å². The summed E-state index contributed by atoms with van der Waals surface area (Å²) in [6.07, 6.45) is 6.09. The summed E-state index contributed by atoms with van der Waals surface area (Å²) < 4.78 is 0. The second-order valence-corrected chi connectivity index (χ2v) is 5.06. The van der Waals surface area contributed by atoms with Gasteiger partial charge in [0.05, 0.1) is 5.56 Å². The molecule has 0 aromatic carbocycles. The first-order chi connectivity index (χ1) is 8.02. The maximum atomic E-state index is 12.2. The van der Waals surface area contributed by atoms with E-state index in [4.69, 9.17) is 11.5 Å². The first-order valence-electron chi connectivity index (χ1n) is 6.05. The van der Waals surface area contributed by atoms with E-state index in [-0.39, 0.29) is 11.3 Å². The molecule has 1 aliphatic rings. The number of carbonyl (C=O) groups is 1. The van der Waals surface area contributed by atoms with E-state index in [1.807, 2.05) is 6.92 Å². The minimum absolute atomic E-state index is 0.0255. The van der Waals surface area contributed by atoms with Gasteiger partial charge in [-0.05, 0) is 31.4 Å². The van der Waals surface area contributed by atoms with Gasteiger partial charge in [0.25, 0.3) is 0 Å². The van der Waals surface area contributed by atoms with Crippen molar-refractivity contribution in [3.8, 4) is 0 Å². The molecule has 0 aliphatic heterocycles. The Kier molecular flexibility index (Phi) is 3.15. The van der Waals surface area contributed by atoms with E-state index in [2.05, 4.69) is 4.98 Å². The maximum Gasteiger partial charge on any atom is 0.168 e. The second-order valence-electron chi connectivity index (χ2n) is 5.06. The van der Waals surface area contributed by atoms with Crippen LogP contribution in [0.4, 0.5) is 5.82 Å². The van der Waals surface area contributed by atoms with Crippen molar-refractivity contribution in [1.82, 2.24) is 4.98 Å². The van der Waals surface area contributed by atoms with Crippen LogP contribution in [0.25, 0.3) is 0 Å². The Labute approximate surface area is 101 Å². The van der Waals surface area contributed by atoms with Crippen LogP contribution >= 0.6 is 0 Å². The SMILES string of the molecule is Cc1ccnc(N)c1C(=O)CC1(N)CCCC1. The highest BCUT2D eigenvalue weighted by molar-refractivity contribution is 6.01. The van der Waals surface area contributed by atoms with Gasteiger partial charge in [-0.1, -0.05) is 12.8 Å². The molecule has 1 fully saturated rings. The molecular formula is C13H19N3O. The number of nitrogens with two attached hydrogens (primary N) is 2. The first kappa shape index (κ1) is 12.0. The zero-order valence-electron chi connectivity index (χ0n) is 10.2. The number of Topliss-reactive ketones (excluding diaryl/α,β-unsaturated/α-hetero) is 1. The van der Waals surface area contributed by atoms with Crippen molar-refractivity contribution in [3.63, 3.8) is 0 Å². The van der Waals surface area contributed by atoms with Gasteiger partial charge in [-0.15, -0.1) is 0 Å². The molecule has 1 aliphatic carbocycles. The highest BCUT2D eigenvalue weighted by Crippen LogP contribution is 2.32. The van der Waals surface area contributed by atoms with Gasteiger partial charge in [0.15, 0.2) is 5.78 Å². The summed E-state index contributed by atoms with van der Waals surface area (Å²) in [6, 6.07) is 1.81. The Morgan fingerprint density at radius 3 is 2.71 bits per heavy atom. The Hall–Kier alpha value is -1.42. The largest absolute Gasteiger partial charge is 0.383 e. The van der Waals surface area contributed by atoms with Gasteiger partial charge in [0.2, 0.25) is 0 Å². The van der Waals surface area contributed by atoms with Crippen molar-refractivity contribution in [3.05, 3.63) is 23.4 Å². The van der Waals surface area contributed by atoms with Gasteiger partial charge in [-0.2, -0.15) is 0 Å². The Morgan fingerprint density at radius 2 is 2.12 bits per heavy atom. The van der Waals surface area contributed by atoms with Crippen LogP contribution in [0, 0.1) is 6.92 Å². The van der Waals surface area contributed by atoms with Crippen LogP contribution in [-0.4, -0.2) is 16.3 Å². The summed E-state index contributed by atoms with van der Waals surface area (Å²) in [7, 11) is 0. The lowest BCUT2D eigenvalue weighted by atomic mass is 9.89. The van der Waals surface area contributed by atoms with Crippen LogP contribution in [0.3, 0.4) is 0 Å². The van der Waals surface area contributed by atoms with Gasteiger partial charge >= 0.3 is 0 Å². The third kappa shape index (κ3) is 2.47. The average Bonchev–Trinajstić information content (AvgIpc) is 2.64. The lowest BCUT2D eigenvalue weighted by molar-refractivity contribution is 0.0952. The summed E-state index contributed by atoms with van der Waals surface area (Å²) in [5.41, 5.74) is 13.1. The number of nitrogens with zero attached hydrogens (tertiary/aromatic N) is 1. The molecule has 0 bridgehead atoms. The molecule has 4 heteroatoms. The zero-order chi connectivity index (χ0) is 12.5. The molecule has 17 heavy (non-hydrogen) atoms. The highest BCUT2D eigenvalue weighted by atomic mass is 16.1. The summed E-state index contributed by atoms with van der Waals surface area (Å²) in [5.74, 6) is 0.342. The number of ketones is 1. The fraction of sp³-hybridized carbons (Fsp3) is 0.538. The molecule has 4 N–H and O–H groups in total. The maximum absolute atomic E-state index is 12.2. The minimum Gasteiger partial charge on any atom is -0.383 e. The van der Waals surface area contributed by atoms with E-state index in [0.29, 0.717) is 17.8 Å². The van der Waals surface area contributed by atoms with E-state index >= 15 is 0 Å². The van der Waals surface area contributed by atoms with Crippen molar-refractivity contribution in [2.45, 2.75) is 44.6 Å². The molecule has 0 unspecified atom stereocenters. The van der Waals surface area contributed by atoms with Crippen LogP contribution < -0.4 is 11.5 Å². The third-order valence-corrected chi connectivity index (χ3v) is 3.58. The number of hydrogen-bond acceptors (Lipinski definition) is 4. The summed E-state index contributed by atoms with van der Waals surface area (Å²) in [6.45, 7) is 1.88. The minimum atomic E-state index is -0.328. The fourth-order valence-corrected chi connectivity index (χ4v) is 2.61. The quantitative estimate of drug-likeness (QED) is 0.780. The lowest BCUT2D eigenvalue weighted by Crippen LogP contribution is -2.39. The summed E-state index contributed by atoms with van der Waals surface area (Å²) >= 11 is 0. The van der Waals surface area contributed by atoms with Crippen LogP contribution in [0.15, 0.2) is 12.3 Å². The molecule has 1 aromatic heterocycles. The number of aromatic nitrogens is 1. The number of nitrogen functional groups attached to an aromatic ring is 1. The monoisotopic (exact) mass is 233 g/mol. The van der Waals surface area contributed by atoms with E-state index in [1.54, 1.807) is 12.3 Å². The predicted molar refractivity (Wildman–Crippen MR) is 67.7 cm³/mol. The topological polar surface area (TPSA) is 82.0 Å². The third-order valence-electron chi connectivity index (χ3n) is 3.58. The number of hydrogen-bond donors (Lipinski definition) is 2. The van der Waals surface area contributed by atoms with Gasteiger partial charge in [0.1, 0.15) is 5.82 Å². The van der Waals surface area contributed by atoms with Crippen LogP contribution in [0.5, 0.6) is 0 Å². The predicted octanol–water partition coefficient (Wildman–Crippen LogP) is 1.82. The number of rotatable bonds is 3. The zero-order valence-corrected chi connectivity index (χ0v) is 10.2. The molecule has 1 saturated carbocycles. The molecule has 4 nitrogen and oxygen atoms in total. The fourth-order valence-electron chi connectivity index (χ4n) is 2.61. The molecular weight excluding hydrogens is 214 g/mol. The number of anilines is 1. The number of carbonyl (C=O) groups excluding carboxylic acids is 1. The molecule has 0 atom stereocenters. The Bertz CT molecular complexity index is 416. The normalized spacial score (nSPS) is 18.2. The second kappa shape index (κ2) is 4.45. The van der Waals surface area contributed by atoms with Crippen LogP contribution in [-0.2, 0) is 0 Å². The summed E-state index contributed by atoms with van der Waals surface area (Å²) in [4.78, 5) is 16.2. The van der Waals surface area contributed by atoms with Crippen molar-refractivity contribution in [2.75, 3.05) is 5.73 Å². The standard InChI is InChI=1S/C13H19N3O/c1-9-4-7-16-12(14)11(9)10(17)8-13(15)5-2-3-6-13/h4,7H,2-3,5-6,8,15H2,1H3,(H2,14,16). The molecule has 0 radical (unpaired) electrons. The molecule has 1 aromatic rings. The van der Waals surface area contributed by atoms with Crippen molar-refractivity contribution in [2.24, 2.45) is 5.73 Å². The Morgan fingerprint density at radius 1 is 1.47 bits per heavy atom. The van der Waals surface area contributed by atoms with Crippen molar-refractivity contribution >= 4 is 11.6 Å². The molecule has 0 spiro atoms. The van der Waals surface area contributed by atoms with E-state index < -0.39 is 0 Å². The first-order valence-corrected chi connectivity index (χ1v) is 6.05. The van der Waals surface area contributed by atoms with E-state index in [1.165, 1.54) is 0 Å². The number of pyridine rings is 1. The van der Waals surface area contributed by atoms with Crippen LogP contribution in [0.2, 0.25) is 0 Å². The average molecular weight is 233 g/mol. The van der Waals surface area contributed by atoms with Gasteiger partial charge < -0.3 is 11.5 Å². The van der Waals surface area contributed by atoms with Crippen molar-refractivity contribution < 1.29 is 4.79 Å². The molecule has 2 rings (SSSR count). The highest BCUT2D eigenvalue weighted by Gasteiger charge is 2.32. The molecule has 0 amide bonds. The van der Waals surface area contributed by atoms with Crippen LogP contribution in [0.1, 0.15) is 48.0 Å². The van der Waals surface area contributed by atoms with Gasteiger partial charge in [-0.25, -0.2) is 4.98 Å². The van der Waals surface area contributed by atoms with Crippen molar-refractivity contribution in [1.29, 1.82) is 0 Å².